The molecule has 0 aliphatic heterocycles. The second-order valence-electron chi connectivity index (χ2n) is 3.49. The van der Waals surface area contributed by atoms with Gasteiger partial charge in [0.1, 0.15) is 11.8 Å². The Morgan fingerprint density at radius 1 is 1.47 bits per heavy atom. The number of hydrogen-bond acceptors (Lipinski definition) is 5. The van der Waals surface area contributed by atoms with Crippen LogP contribution in [0.25, 0.3) is 11.2 Å². The summed E-state index contributed by atoms with van der Waals surface area (Å²) in [6.07, 6.45) is 3.05. The van der Waals surface area contributed by atoms with E-state index in [2.05, 4.69) is 25.3 Å². The molecule has 6 nitrogen and oxygen atoms in total. The molecule has 0 aliphatic rings. The predicted molar refractivity (Wildman–Crippen MR) is 56.4 cm³/mol. The molecule has 0 amide bonds. The molecule has 15 heavy (non-hydrogen) atoms. The number of nitrogens with one attached hydrogen (secondary N) is 2. The van der Waals surface area contributed by atoms with Crippen LogP contribution < -0.4 is 5.32 Å². The van der Waals surface area contributed by atoms with E-state index in [0.29, 0.717) is 12.2 Å². The normalized spacial score (nSPS) is 12.9. The Kier molecular flexibility index (Phi) is 2.77. The maximum absolute atomic E-state index is 8.89. The third-order valence-electron chi connectivity index (χ3n) is 2.15. The Bertz CT molecular complexity index is 441. The Morgan fingerprint density at radius 3 is 3.13 bits per heavy atom. The first kappa shape index (κ1) is 9.85. The molecular weight excluding hydrogens is 194 g/mol. The van der Waals surface area contributed by atoms with Gasteiger partial charge in [-0.1, -0.05) is 6.92 Å². The molecule has 2 heterocycles. The van der Waals surface area contributed by atoms with Crippen molar-refractivity contribution in [2.24, 2.45) is 5.92 Å². The fraction of sp³-hybridized carbons (Fsp3) is 0.444. The van der Waals surface area contributed by atoms with E-state index in [4.69, 9.17) is 5.11 Å². The summed E-state index contributed by atoms with van der Waals surface area (Å²) in [7, 11) is 0. The molecule has 0 aliphatic carbocycles. The van der Waals surface area contributed by atoms with Gasteiger partial charge in [0.2, 0.25) is 0 Å². The number of anilines is 1. The number of H-pyrrole nitrogens is 1. The molecule has 0 saturated carbocycles. The van der Waals surface area contributed by atoms with Crippen molar-refractivity contribution in [1.82, 2.24) is 19.9 Å². The molecule has 6 heteroatoms. The molecule has 2 aromatic rings. The van der Waals surface area contributed by atoms with Gasteiger partial charge in [-0.05, 0) is 5.92 Å². The number of fused-ring (bicyclic) bond motifs is 1. The standard InChI is InChI=1S/C9H13N5O/c1-6(3-15)2-10-8-7-9(12-4-11-7)14-5-13-8/h4-6,15H,2-3H2,1H3,(H2,10,11,12,13,14). The van der Waals surface area contributed by atoms with E-state index in [1.54, 1.807) is 6.33 Å². The fourth-order valence-corrected chi connectivity index (χ4v) is 1.23. The number of aliphatic hydroxyl groups is 1. The van der Waals surface area contributed by atoms with Crippen LogP contribution in [0.1, 0.15) is 6.92 Å². The number of imidazole rings is 1. The molecule has 0 radical (unpaired) electrons. The van der Waals surface area contributed by atoms with Gasteiger partial charge in [0.25, 0.3) is 0 Å². The molecule has 0 saturated heterocycles. The number of aromatic amines is 1. The van der Waals surface area contributed by atoms with Crippen molar-refractivity contribution in [3.05, 3.63) is 12.7 Å². The monoisotopic (exact) mass is 207 g/mol. The van der Waals surface area contributed by atoms with Gasteiger partial charge < -0.3 is 15.4 Å². The molecule has 1 atom stereocenters. The number of rotatable bonds is 4. The van der Waals surface area contributed by atoms with Crippen LogP contribution >= 0.6 is 0 Å². The quantitative estimate of drug-likeness (QED) is 0.675. The Hall–Kier alpha value is -1.69. The van der Waals surface area contributed by atoms with Crippen LogP contribution in [0.5, 0.6) is 0 Å². The maximum atomic E-state index is 8.89. The average molecular weight is 207 g/mol. The third-order valence-corrected chi connectivity index (χ3v) is 2.15. The number of hydrogen-bond donors (Lipinski definition) is 3. The smallest absolute Gasteiger partial charge is 0.182 e. The highest BCUT2D eigenvalue weighted by atomic mass is 16.3. The number of nitrogens with zero attached hydrogens (tertiary/aromatic N) is 3. The number of aromatic nitrogens is 4. The van der Waals surface area contributed by atoms with E-state index >= 15 is 0 Å². The Morgan fingerprint density at radius 2 is 2.33 bits per heavy atom. The van der Waals surface area contributed by atoms with Crippen LogP contribution in [0.2, 0.25) is 0 Å². The predicted octanol–water partition coefficient (Wildman–Crippen LogP) is 0.393. The lowest BCUT2D eigenvalue weighted by molar-refractivity contribution is 0.244. The molecule has 80 valence electrons. The molecule has 0 spiro atoms. The zero-order valence-electron chi connectivity index (χ0n) is 8.44. The minimum Gasteiger partial charge on any atom is -0.396 e. The third kappa shape index (κ3) is 2.04. The van der Waals surface area contributed by atoms with E-state index in [0.717, 1.165) is 11.3 Å². The van der Waals surface area contributed by atoms with Crippen LogP contribution in [0.15, 0.2) is 12.7 Å². The average Bonchev–Trinajstić information content (AvgIpc) is 2.74. The van der Waals surface area contributed by atoms with Crippen molar-refractivity contribution in [3.8, 4) is 0 Å². The first-order chi connectivity index (χ1) is 7.31. The van der Waals surface area contributed by atoms with Crippen LogP contribution in [0, 0.1) is 5.92 Å². The van der Waals surface area contributed by atoms with Gasteiger partial charge in [-0.3, -0.25) is 0 Å². The molecule has 0 fully saturated rings. The van der Waals surface area contributed by atoms with Gasteiger partial charge in [0.05, 0.1) is 6.33 Å². The van der Waals surface area contributed by atoms with Crippen LogP contribution in [-0.2, 0) is 0 Å². The first-order valence-corrected chi connectivity index (χ1v) is 4.80. The lowest BCUT2D eigenvalue weighted by atomic mass is 10.2. The van der Waals surface area contributed by atoms with E-state index in [1.807, 2.05) is 6.92 Å². The minimum absolute atomic E-state index is 0.157. The van der Waals surface area contributed by atoms with Gasteiger partial charge in [0.15, 0.2) is 11.5 Å². The van der Waals surface area contributed by atoms with Crippen molar-refractivity contribution in [2.75, 3.05) is 18.5 Å². The van der Waals surface area contributed by atoms with Gasteiger partial charge >= 0.3 is 0 Å². The molecule has 0 bridgehead atoms. The largest absolute Gasteiger partial charge is 0.396 e. The molecular formula is C9H13N5O. The fourth-order valence-electron chi connectivity index (χ4n) is 1.23. The topological polar surface area (TPSA) is 86.7 Å². The second-order valence-corrected chi connectivity index (χ2v) is 3.49. The summed E-state index contributed by atoms with van der Waals surface area (Å²) >= 11 is 0. The van der Waals surface area contributed by atoms with Crippen molar-refractivity contribution < 1.29 is 5.11 Å². The van der Waals surface area contributed by atoms with Crippen molar-refractivity contribution >= 4 is 17.0 Å². The van der Waals surface area contributed by atoms with Crippen LogP contribution in [0.4, 0.5) is 5.82 Å². The summed E-state index contributed by atoms with van der Waals surface area (Å²) in [4.78, 5) is 15.1. The summed E-state index contributed by atoms with van der Waals surface area (Å²) in [5.41, 5.74) is 1.44. The highest BCUT2D eigenvalue weighted by Crippen LogP contribution is 2.14. The van der Waals surface area contributed by atoms with Gasteiger partial charge in [-0.2, -0.15) is 0 Å². The summed E-state index contributed by atoms with van der Waals surface area (Å²) in [5.74, 6) is 0.913. The molecule has 3 N–H and O–H groups in total. The summed E-state index contributed by atoms with van der Waals surface area (Å²) in [6, 6.07) is 0. The van der Waals surface area contributed by atoms with Gasteiger partial charge in [-0.15, -0.1) is 0 Å². The Balaban J connectivity index is 2.17. The molecule has 2 aromatic heterocycles. The maximum Gasteiger partial charge on any atom is 0.182 e. The van der Waals surface area contributed by atoms with E-state index < -0.39 is 0 Å². The molecule has 0 aromatic carbocycles. The molecule has 1 unspecified atom stereocenters. The van der Waals surface area contributed by atoms with Gasteiger partial charge in [0, 0.05) is 13.2 Å². The van der Waals surface area contributed by atoms with Crippen molar-refractivity contribution in [3.63, 3.8) is 0 Å². The second kappa shape index (κ2) is 4.22. The lowest BCUT2D eigenvalue weighted by Gasteiger charge is -2.09. The summed E-state index contributed by atoms with van der Waals surface area (Å²) < 4.78 is 0. The van der Waals surface area contributed by atoms with Crippen LogP contribution in [0.3, 0.4) is 0 Å². The summed E-state index contributed by atoms with van der Waals surface area (Å²) in [6.45, 7) is 2.78. The van der Waals surface area contributed by atoms with E-state index in [9.17, 15) is 0 Å². The van der Waals surface area contributed by atoms with Gasteiger partial charge in [-0.25, -0.2) is 15.0 Å². The highest BCUT2D eigenvalue weighted by molar-refractivity contribution is 5.81. The summed E-state index contributed by atoms with van der Waals surface area (Å²) in [5, 5.41) is 12.0. The van der Waals surface area contributed by atoms with Crippen molar-refractivity contribution in [1.29, 1.82) is 0 Å². The van der Waals surface area contributed by atoms with E-state index in [-0.39, 0.29) is 12.5 Å². The lowest BCUT2D eigenvalue weighted by Crippen LogP contribution is -2.15. The van der Waals surface area contributed by atoms with Crippen molar-refractivity contribution in [2.45, 2.75) is 6.92 Å². The van der Waals surface area contributed by atoms with E-state index in [1.165, 1.54) is 6.33 Å². The first-order valence-electron chi connectivity index (χ1n) is 4.80. The number of aliphatic hydroxyl groups excluding tert-OH is 1. The van der Waals surface area contributed by atoms with Crippen LogP contribution in [-0.4, -0.2) is 38.2 Å². The highest BCUT2D eigenvalue weighted by Gasteiger charge is 2.06. The Labute approximate surface area is 86.8 Å². The SMILES string of the molecule is CC(CO)CNc1ncnc2nc[nH]c12. The zero-order chi connectivity index (χ0) is 10.7. The zero-order valence-corrected chi connectivity index (χ0v) is 8.44. The minimum atomic E-state index is 0.157. The molecule has 2 rings (SSSR count).